The molecule has 0 spiro atoms. The minimum atomic E-state index is -1.47. The van der Waals surface area contributed by atoms with Crippen LogP contribution in [0.2, 0.25) is 0 Å². The van der Waals surface area contributed by atoms with Gasteiger partial charge in [-0.15, -0.1) is 0 Å². The smallest absolute Gasteiger partial charge is 0.160 e. The van der Waals surface area contributed by atoms with Gasteiger partial charge in [0.2, 0.25) is 0 Å². The van der Waals surface area contributed by atoms with Crippen molar-refractivity contribution >= 4 is 17.3 Å². The van der Waals surface area contributed by atoms with Crippen LogP contribution in [0.5, 0.6) is 0 Å². The Morgan fingerprint density at radius 1 is 1.06 bits per heavy atom. The lowest BCUT2D eigenvalue weighted by atomic mass is 9.37. The van der Waals surface area contributed by atoms with E-state index < -0.39 is 34.1 Å². The molecule has 0 bridgehead atoms. The third kappa shape index (κ3) is 3.50. The molecule has 6 heteroatoms. The highest BCUT2D eigenvalue weighted by Gasteiger charge is 2.70. The summed E-state index contributed by atoms with van der Waals surface area (Å²) in [5.74, 6) is -0.129. The number of rotatable bonds is 5. The van der Waals surface area contributed by atoms with Gasteiger partial charge in [-0.2, -0.15) is 0 Å². The second-order valence-electron chi connectivity index (χ2n) is 13.9. The average molecular weight is 501 g/mol. The molecule has 2 fully saturated rings. The standard InChI is InChI=1S/C30H44O6/c1-16(13-18(31)25(35)27(4,5)36)24-17-9-10-20-28(6)12-11-22(33)26(2,3)21(28)14-23(34)30(20,8)29(17,7)15-19(24)32/h9-10,16,18,20-21,25,31,35-36H,11-15H2,1-8H3/t16-,18+,20+,21+,25+,28-,29+,30-/m1/s1. The van der Waals surface area contributed by atoms with E-state index in [-0.39, 0.29) is 53.4 Å². The number of carbonyl (C=O) groups is 3. The van der Waals surface area contributed by atoms with Crippen LogP contribution in [0.1, 0.15) is 87.5 Å². The summed E-state index contributed by atoms with van der Waals surface area (Å²) in [7, 11) is 0. The summed E-state index contributed by atoms with van der Waals surface area (Å²) in [6.07, 6.45) is 3.58. The van der Waals surface area contributed by atoms with Crippen LogP contribution in [-0.4, -0.2) is 50.5 Å². The molecule has 0 radical (unpaired) electrons. The Labute approximate surface area is 215 Å². The maximum atomic E-state index is 14.1. The maximum Gasteiger partial charge on any atom is 0.160 e. The summed E-state index contributed by atoms with van der Waals surface area (Å²) in [6, 6.07) is 0. The topological polar surface area (TPSA) is 112 Å². The lowest BCUT2D eigenvalue weighted by molar-refractivity contribution is -0.175. The molecule has 0 aliphatic heterocycles. The molecule has 6 nitrogen and oxygen atoms in total. The second-order valence-corrected chi connectivity index (χ2v) is 13.9. The molecule has 8 atom stereocenters. The van der Waals surface area contributed by atoms with E-state index in [1.807, 2.05) is 40.7 Å². The molecule has 0 aromatic carbocycles. The molecule has 4 rings (SSSR count). The number of hydrogen-bond acceptors (Lipinski definition) is 6. The monoisotopic (exact) mass is 500 g/mol. The summed E-state index contributed by atoms with van der Waals surface area (Å²) in [6.45, 7) is 15.0. The van der Waals surface area contributed by atoms with E-state index >= 15 is 0 Å². The molecule has 0 saturated heterocycles. The molecule has 0 aromatic rings. The Balaban J connectivity index is 1.77. The number of aliphatic hydroxyl groups is 3. The molecular weight excluding hydrogens is 456 g/mol. The van der Waals surface area contributed by atoms with E-state index in [2.05, 4.69) is 13.0 Å². The molecule has 0 unspecified atom stereocenters. The molecule has 2 saturated carbocycles. The molecular formula is C30H44O6. The van der Waals surface area contributed by atoms with E-state index in [0.717, 1.165) is 12.0 Å². The Kier molecular flexibility index (Phi) is 6.23. The van der Waals surface area contributed by atoms with Gasteiger partial charge in [-0.3, -0.25) is 14.4 Å². The summed E-state index contributed by atoms with van der Waals surface area (Å²) in [5.41, 5.74) is -2.22. The van der Waals surface area contributed by atoms with Crippen molar-refractivity contribution in [2.75, 3.05) is 0 Å². The first kappa shape index (κ1) is 27.4. The first-order valence-electron chi connectivity index (χ1n) is 13.4. The number of allylic oxidation sites excluding steroid dienone is 4. The predicted octanol–water partition coefficient (Wildman–Crippen LogP) is 3.96. The highest BCUT2D eigenvalue weighted by molar-refractivity contribution is 6.03. The van der Waals surface area contributed by atoms with Crippen molar-refractivity contribution in [3.8, 4) is 0 Å². The van der Waals surface area contributed by atoms with E-state index in [1.165, 1.54) is 13.8 Å². The highest BCUT2D eigenvalue weighted by atomic mass is 16.4. The molecule has 0 amide bonds. The normalized spacial score (nSPS) is 40.5. The molecule has 200 valence electrons. The van der Waals surface area contributed by atoms with E-state index in [9.17, 15) is 29.7 Å². The van der Waals surface area contributed by atoms with Crippen molar-refractivity contribution in [3.63, 3.8) is 0 Å². The number of carbonyl (C=O) groups excluding carboxylic acids is 3. The van der Waals surface area contributed by atoms with E-state index in [0.29, 0.717) is 18.4 Å². The van der Waals surface area contributed by atoms with Crippen molar-refractivity contribution in [3.05, 3.63) is 23.3 Å². The van der Waals surface area contributed by atoms with Crippen molar-refractivity contribution in [2.24, 2.45) is 39.4 Å². The van der Waals surface area contributed by atoms with Crippen LogP contribution in [0.25, 0.3) is 0 Å². The third-order valence-corrected chi connectivity index (χ3v) is 11.1. The Morgan fingerprint density at radius 3 is 2.25 bits per heavy atom. The average Bonchev–Trinajstić information content (AvgIpc) is 3.03. The SMILES string of the molecule is C[C@H](C[C@H](O)[C@H](O)C(C)(C)O)C1=C2C=C[C@H]3[C@@]4(C)CCC(=O)C(C)(C)[C@@H]4CC(=O)[C@]3(C)[C@@]2(C)CC1=O. The summed E-state index contributed by atoms with van der Waals surface area (Å²) >= 11 is 0. The van der Waals surface area contributed by atoms with Gasteiger partial charge < -0.3 is 15.3 Å². The van der Waals surface area contributed by atoms with Crippen molar-refractivity contribution in [1.82, 2.24) is 0 Å². The van der Waals surface area contributed by atoms with Crippen LogP contribution in [0.15, 0.2) is 23.3 Å². The number of hydrogen-bond donors (Lipinski definition) is 3. The molecule has 0 heterocycles. The zero-order valence-electron chi connectivity index (χ0n) is 23.1. The number of Topliss-reactive ketones (excluding diaryl/α,β-unsaturated/α-hetero) is 3. The van der Waals surface area contributed by atoms with Gasteiger partial charge in [0.1, 0.15) is 17.7 Å². The van der Waals surface area contributed by atoms with Crippen LogP contribution in [0, 0.1) is 39.4 Å². The zero-order valence-corrected chi connectivity index (χ0v) is 23.1. The maximum absolute atomic E-state index is 14.1. The number of aliphatic hydroxyl groups excluding tert-OH is 2. The molecule has 0 aromatic heterocycles. The minimum absolute atomic E-state index is 0.0179. The highest BCUT2D eigenvalue weighted by Crippen LogP contribution is 2.71. The largest absolute Gasteiger partial charge is 0.390 e. The van der Waals surface area contributed by atoms with Crippen LogP contribution in [0.4, 0.5) is 0 Å². The van der Waals surface area contributed by atoms with Crippen molar-refractivity contribution < 1.29 is 29.7 Å². The second kappa shape index (κ2) is 8.18. The summed E-state index contributed by atoms with van der Waals surface area (Å²) in [5, 5.41) is 31.1. The van der Waals surface area contributed by atoms with Gasteiger partial charge in [-0.05, 0) is 55.4 Å². The van der Waals surface area contributed by atoms with Gasteiger partial charge in [-0.1, -0.05) is 53.7 Å². The molecule has 3 N–H and O–H groups in total. The number of fused-ring (bicyclic) bond motifs is 5. The molecule has 4 aliphatic rings. The van der Waals surface area contributed by atoms with Crippen LogP contribution in [-0.2, 0) is 14.4 Å². The van der Waals surface area contributed by atoms with Crippen molar-refractivity contribution in [2.45, 2.75) is 105 Å². The lowest BCUT2D eigenvalue weighted by Gasteiger charge is -2.65. The zero-order chi connectivity index (χ0) is 27.2. The number of ketones is 3. The van der Waals surface area contributed by atoms with Crippen LogP contribution >= 0.6 is 0 Å². The van der Waals surface area contributed by atoms with Gasteiger partial charge in [0.15, 0.2) is 5.78 Å². The summed E-state index contributed by atoms with van der Waals surface area (Å²) < 4.78 is 0. The van der Waals surface area contributed by atoms with Crippen LogP contribution in [0.3, 0.4) is 0 Å². The predicted molar refractivity (Wildman–Crippen MR) is 137 cm³/mol. The van der Waals surface area contributed by atoms with Gasteiger partial charge >= 0.3 is 0 Å². The van der Waals surface area contributed by atoms with Gasteiger partial charge in [0, 0.05) is 41.1 Å². The Hall–Kier alpha value is -1.63. The quantitative estimate of drug-likeness (QED) is 0.527. The van der Waals surface area contributed by atoms with Gasteiger partial charge in [-0.25, -0.2) is 0 Å². The Bertz CT molecular complexity index is 1060. The first-order chi connectivity index (χ1) is 16.3. The summed E-state index contributed by atoms with van der Waals surface area (Å²) in [4.78, 5) is 40.4. The molecule has 36 heavy (non-hydrogen) atoms. The lowest BCUT2D eigenvalue weighted by Crippen LogP contribution is -2.64. The van der Waals surface area contributed by atoms with E-state index in [1.54, 1.807) is 0 Å². The fourth-order valence-electron chi connectivity index (χ4n) is 8.56. The van der Waals surface area contributed by atoms with Crippen molar-refractivity contribution in [1.29, 1.82) is 0 Å². The van der Waals surface area contributed by atoms with Gasteiger partial charge in [0.05, 0.1) is 11.7 Å². The fraction of sp³-hybridized carbons (Fsp3) is 0.767. The minimum Gasteiger partial charge on any atom is -0.390 e. The third-order valence-electron chi connectivity index (χ3n) is 11.1. The van der Waals surface area contributed by atoms with E-state index in [4.69, 9.17) is 0 Å². The first-order valence-corrected chi connectivity index (χ1v) is 13.4. The molecule has 4 aliphatic carbocycles. The van der Waals surface area contributed by atoms with Gasteiger partial charge in [0.25, 0.3) is 0 Å². The Morgan fingerprint density at radius 2 is 1.67 bits per heavy atom. The fourth-order valence-corrected chi connectivity index (χ4v) is 8.56. The van der Waals surface area contributed by atoms with Crippen LogP contribution < -0.4 is 0 Å².